The molecule has 0 unspecified atom stereocenters. The fourth-order valence-corrected chi connectivity index (χ4v) is 2.49. The van der Waals surface area contributed by atoms with Gasteiger partial charge in [-0.3, -0.25) is 4.99 Å². The van der Waals surface area contributed by atoms with E-state index in [9.17, 15) is 5.26 Å². The summed E-state index contributed by atoms with van der Waals surface area (Å²) in [6.45, 7) is 7.77. The van der Waals surface area contributed by atoms with Gasteiger partial charge >= 0.3 is 0 Å². The van der Waals surface area contributed by atoms with E-state index >= 15 is 0 Å². The molecule has 1 aromatic heterocycles. The van der Waals surface area contributed by atoms with Crippen LogP contribution < -0.4 is 16.4 Å². The lowest BCUT2D eigenvalue weighted by Gasteiger charge is -2.09. The Hall–Kier alpha value is -3.27. The number of para-hydroxylation sites is 1. The van der Waals surface area contributed by atoms with E-state index in [1.165, 1.54) is 0 Å². The average Bonchev–Trinajstić information content (AvgIpc) is 2.99. The minimum atomic E-state index is 0.373. The highest BCUT2D eigenvalue weighted by atomic mass is 15.3. The Morgan fingerprint density at radius 2 is 2.15 bits per heavy atom. The number of nitrogens with two attached hydrogens (primary N) is 1. The number of nitrogens with zero attached hydrogens (tertiary/aromatic N) is 4. The fraction of sp³-hybridized carbons (Fsp3) is 0.316. The topological polar surface area (TPSA) is 104 Å². The Morgan fingerprint density at radius 3 is 2.81 bits per heavy atom. The van der Waals surface area contributed by atoms with E-state index in [1.54, 1.807) is 10.8 Å². The largest absolute Gasteiger partial charge is 0.382 e. The lowest BCUT2D eigenvalue weighted by atomic mass is 10.1. The Balaban J connectivity index is 2.05. The predicted molar refractivity (Wildman–Crippen MR) is 105 cm³/mol. The Labute approximate surface area is 154 Å². The molecule has 0 saturated carbocycles. The molecule has 0 radical (unpaired) electrons. The highest BCUT2D eigenvalue weighted by molar-refractivity contribution is 5.79. The monoisotopic (exact) mass is 351 g/mol. The molecule has 0 fully saturated rings. The maximum absolute atomic E-state index is 9.43. The molecular weight excluding hydrogens is 326 g/mol. The van der Waals surface area contributed by atoms with Crippen LogP contribution in [0.3, 0.4) is 0 Å². The summed E-state index contributed by atoms with van der Waals surface area (Å²) >= 11 is 0. The van der Waals surface area contributed by atoms with Crippen LogP contribution in [0.1, 0.15) is 24.6 Å². The standard InChI is InChI=1S/C19H25N7/c1-3-12-23-19(22-4-2)24-13-8-11-17-16(14-20)18(21)26(25-17)15-9-6-5-7-10-15/h3,5-7,9-10H,1,4,8,11-13,21H2,2H3,(H2,22,23,24). The first-order chi connectivity index (χ1) is 12.7. The van der Waals surface area contributed by atoms with Gasteiger partial charge in [0.25, 0.3) is 0 Å². The second-order valence-electron chi connectivity index (χ2n) is 5.60. The summed E-state index contributed by atoms with van der Waals surface area (Å²) in [4.78, 5) is 4.51. The van der Waals surface area contributed by atoms with Crippen molar-refractivity contribution < 1.29 is 0 Å². The number of aromatic nitrogens is 2. The maximum Gasteiger partial charge on any atom is 0.191 e. The normalized spacial score (nSPS) is 11.0. The van der Waals surface area contributed by atoms with Crippen LogP contribution in [0.25, 0.3) is 5.69 Å². The average molecular weight is 351 g/mol. The van der Waals surface area contributed by atoms with Crippen molar-refractivity contribution in [1.29, 1.82) is 5.26 Å². The lowest BCUT2D eigenvalue weighted by molar-refractivity contribution is 0.765. The van der Waals surface area contributed by atoms with E-state index in [1.807, 2.05) is 37.3 Å². The third-order valence-electron chi connectivity index (χ3n) is 3.71. The quantitative estimate of drug-likeness (QED) is 0.292. The number of aliphatic imine (C=N–C) groups is 1. The number of guanidine groups is 1. The third kappa shape index (κ3) is 4.86. The first-order valence-electron chi connectivity index (χ1n) is 8.67. The van der Waals surface area contributed by atoms with Crippen molar-refractivity contribution in [3.05, 3.63) is 54.2 Å². The Kier molecular flexibility index (Phi) is 7.25. The van der Waals surface area contributed by atoms with Gasteiger partial charge in [0, 0.05) is 19.6 Å². The molecule has 0 bridgehead atoms. The fourth-order valence-electron chi connectivity index (χ4n) is 2.49. The molecule has 0 amide bonds. The van der Waals surface area contributed by atoms with Crippen molar-refractivity contribution in [2.45, 2.75) is 19.8 Å². The first-order valence-corrected chi connectivity index (χ1v) is 8.67. The number of anilines is 1. The molecule has 0 atom stereocenters. The molecule has 2 rings (SSSR count). The van der Waals surface area contributed by atoms with Crippen LogP contribution in [0.5, 0.6) is 0 Å². The minimum absolute atomic E-state index is 0.373. The zero-order chi connectivity index (χ0) is 18.8. The van der Waals surface area contributed by atoms with Crippen molar-refractivity contribution in [2.24, 2.45) is 4.99 Å². The van der Waals surface area contributed by atoms with E-state index in [0.29, 0.717) is 36.6 Å². The lowest BCUT2D eigenvalue weighted by Crippen LogP contribution is -2.37. The molecule has 0 aliphatic heterocycles. The van der Waals surface area contributed by atoms with Gasteiger partial charge in [-0.15, -0.1) is 6.58 Å². The molecule has 1 aromatic carbocycles. The summed E-state index contributed by atoms with van der Waals surface area (Å²) in [5, 5.41) is 20.3. The van der Waals surface area contributed by atoms with Crippen LogP contribution in [0.15, 0.2) is 48.0 Å². The van der Waals surface area contributed by atoms with Gasteiger partial charge in [0.05, 0.1) is 11.4 Å². The maximum atomic E-state index is 9.43. The van der Waals surface area contributed by atoms with Crippen LogP contribution in [-0.2, 0) is 6.42 Å². The summed E-state index contributed by atoms with van der Waals surface area (Å²) in [5.74, 6) is 1.13. The molecule has 26 heavy (non-hydrogen) atoms. The predicted octanol–water partition coefficient (Wildman–Crippen LogP) is 2.00. The van der Waals surface area contributed by atoms with Gasteiger partial charge in [-0.25, -0.2) is 4.68 Å². The molecule has 2 aromatic rings. The highest BCUT2D eigenvalue weighted by Gasteiger charge is 2.15. The summed E-state index contributed by atoms with van der Waals surface area (Å²) < 4.78 is 1.62. The number of rotatable bonds is 8. The number of nitrogen functional groups attached to an aromatic ring is 1. The summed E-state index contributed by atoms with van der Waals surface area (Å²) in [7, 11) is 0. The molecule has 0 saturated heterocycles. The highest BCUT2D eigenvalue weighted by Crippen LogP contribution is 2.21. The molecule has 7 nitrogen and oxygen atoms in total. The molecule has 0 aliphatic rings. The zero-order valence-electron chi connectivity index (χ0n) is 15.1. The number of benzene rings is 1. The number of aryl methyl sites for hydroxylation is 1. The Morgan fingerprint density at radius 1 is 1.38 bits per heavy atom. The summed E-state index contributed by atoms with van der Waals surface area (Å²) in [6, 6.07) is 11.7. The van der Waals surface area contributed by atoms with Crippen LogP contribution in [0.4, 0.5) is 5.82 Å². The van der Waals surface area contributed by atoms with Gasteiger partial charge in [0.1, 0.15) is 17.5 Å². The number of hydrogen-bond acceptors (Lipinski definition) is 4. The first kappa shape index (κ1) is 19.1. The van der Waals surface area contributed by atoms with Crippen molar-refractivity contribution >= 4 is 11.8 Å². The van der Waals surface area contributed by atoms with Crippen molar-refractivity contribution in [3.8, 4) is 11.8 Å². The van der Waals surface area contributed by atoms with Crippen LogP contribution >= 0.6 is 0 Å². The van der Waals surface area contributed by atoms with Gasteiger partial charge in [-0.05, 0) is 31.9 Å². The van der Waals surface area contributed by atoms with Gasteiger partial charge in [-0.2, -0.15) is 10.4 Å². The van der Waals surface area contributed by atoms with Crippen molar-refractivity contribution in [2.75, 3.05) is 25.4 Å². The zero-order valence-corrected chi connectivity index (χ0v) is 15.1. The van der Waals surface area contributed by atoms with Gasteiger partial charge in [0.15, 0.2) is 5.96 Å². The number of nitrogens with one attached hydrogen (secondary N) is 2. The minimum Gasteiger partial charge on any atom is -0.382 e. The van der Waals surface area contributed by atoms with Crippen LogP contribution in [-0.4, -0.2) is 35.4 Å². The number of nitriles is 1. The summed E-state index contributed by atoms with van der Waals surface area (Å²) in [5.41, 5.74) is 8.10. The van der Waals surface area contributed by atoms with E-state index in [0.717, 1.165) is 24.6 Å². The Bertz CT molecular complexity index is 784. The summed E-state index contributed by atoms with van der Waals surface area (Å²) in [6.07, 6.45) is 3.19. The molecule has 7 heteroatoms. The van der Waals surface area contributed by atoms with Gasteiger partial charge < -0.3 is 16.4 Å². The second kappa shape index (κ2) is 9.89. The van der Waals surface area contributed by atoms with Crippen LogP contribution in [0, 0.1) is 11.3 Å². The molecule has 0 aliphatic carbocycles. The second-order valence-corrected chi connectivity index (χ2v) is 5.60. The van der Waals surface area contributed by atoms with E-state index in [-0.39, 0.29) is 0 Å². The van der Waals surface area contributed by atoms with Gasteiger partial charge in [-0.1, -0.05) is 24.3 Å². The molecule has 0 spiro atoms. The third-order valence-corrected chi connectivity index (χ3v) is 3.71. The molecule has 4 N–H and O–H groups in total. The van der Waals surface area contributed by atoms with Gasteiger partial charge in [0.2, 0.25) is 0 Å². The van der Waals surface area contributed by atoms with Crippen molar-refractivity contribution in [3.63, 3.8) is 0 Å². The smallest absolute Gasteiger partial charge is 0.191 e. The van der Waals surface area contributed by atoms with E-state index < -0.39 is 0 Å². The molecule has 136 valence electrons. The van der Waals surface area contributed by atoms with E-state index in [2.05, 4.69) is 33.4 Å². The van der Waals surface area contributed by atoms with E-state index in [4.69, 9.17) is 5.73 Å². The molecule has 1 heterocycles. The SMILES string of the molecule is C=CCNC(=NCCCc1nn(-c2ccccc2)c(N)c1C#N)NCC. The van der Waals surface area contributed by atoms with Crippen LogP contribution in [0.2, 0.25) is 0 Å². The number of hydrogen-bond donors (Lipinski definition) is 3. The molecular formula is C19H25N7. The van der Waals surface area contributed by atoms with Crippen molar-refractivity contribution in [1.82, 2.24) is 20.4 Å².